The Balaban J connectivity index is 2.48. The molecule has 1 atom stereocenters. The number of ketones is 1. The van der Waals surface area contributed by atoms with Crippen LogP contribution in [0.3, 0.4) is 0 Å². The number of benzene rings is 1. The quantitative estimate of drug-likeness (QED) is 0.745. The summed E-state index contributed by atoms with van der Waals surface area (Å²) in [5.74, 6) is 0.576. The molecule has 0 aromatic heterocycles. The lowest BCUT2D eigenvalue weighted by molar-refractivity contribution is 0.0952. The van der Waals surface area contributed by atoms with Gasteiger partial charge in [0.2, 0.25) is 0 Å². The Labute approximate surface area is 105 Å². The third-order valence-electron chi connectivity index (χ3n) is 2.51. The molecule has 0 bridgehead atoms. The van der Waals surface area contributed by atoms with Crippen molar-refractivity contribution in [3.63, 3.8) is 0 Å². The van der Waals surface area contributed by atoms with Crippen LogP contribution in [0.15, 0.2) is 28.7 Å². The van der Waals surface area contributed by atoms with Crippen LogP contribution in [0.25, 0.3) is 0 Å². The van der Waals surface area contributed by atoms with Crippen molar-refractivity contribution in [2.45, 2.75) is 19.8 Å². The van der Waals surface area contributed by atoms with E-state index in [2.05, 4.69) is 22.9 Å². The Hall–Kier alpha value is -0.670. The minimum atomic E-state index is 0.205. The molecule has 0 saturated carbocycles. The molecule has 88 valence electrons. The standard InChI is InChI=1S/C13H17BrO2/c1-10(7-8-16-2)9-13(15)11-3-5-12(14)6-4-11/h3-6,10H,7-9H2,1-2H3. The van der Waals surface area contributed by atoms with Crippen LogP contribution in [-0.4, -0.2) is 19.5 Å². The Bertz CT molecular complexity index is 332. The molecule has 0 saturated heterocycles. The molecule has 0 aliphatic rings. The molecule has 1 aromatic rings. The minimum absolute atomic E-state index is 0.205. The second kappa shape index (κ2) is 6.81. The maximum atomic E-state index is 11.9. The van der Waals surface area contributed by atoms with Crippen molar-refractivity contribution >= 4 is 21.7 Å². The number of hydrogen-bond acceptors (Lipinski definition) is 2. The van der Waals surface area contributed by atoms with Gasteiger partial charge in [-0.3, -0.25) is 4.79 Å². The average molecular weight is 285 g/mol. The van der Waals surface area contributed by atoms with Gasteiger partial charge in [-0.05, 0) is 24.5 Å². The zero-order chi connectivity index (χ0) is 12.0. The zero-order valence-electron chi connectivity index (χ0n) is 9.70. The van der Waals surface area contributed by atoms with Gasteiger partial charge in [0.1, 0.15) is 0 Å². The summed E-state index contributed by atoms with van der Waals surface area (Å²) in [4.78, 5) is 11.9. The van der Waals surface area contributed by atoms with Crippen LogP contribution in [0.4, 0.5) is 0 Å². The van der Waals surface area contributed by atoms with Crippen molar-refractivity contribution in [2.75, 3.05) is 13.7 Å². The van der Waals surface area contributed by atoms with E-state index in [-0.39, 0.29) is 5.78 Å². The number of rotatable bonds is 6. The second-order valence-corrected chi connectivity index (χ2v) is 4.94. The monoisotopic (exact) mass is 284 g/mol. The highest BCUT2D eigenvalue weighted by molar-refractivity contribution is 9.10. The number of halogens is 1. The molecule has 2 nitrogen and oxygen atoms in total. The van der Waals surface area contributed by atoms with Crippen LogP contribution in [-0.2, 0) is 4.74 Å². The third-order valence-corrected chi connectivity index (χ3v) is 3.04. The number of Topliss-reactive ketones (excluding diaryl/α,β-unsaturated/α-hetero) is 1. The first-order valence-corrected chi connectivity index (χ1v) is 6.20. The number of carbonyl (C=O) groups excluding carboxylic acids is 1. The predicted octanol–water partition coefficient (Wildman–Crippen LogP) is 3.69. The molecule has 0 aliphatic carbocycles. The largest absolute Gasteiger partial charge is 0.385 e. The van der Waals surface area contributed by atoms with Crippen LogP contribution in [0, 0.1) is 5.92 Å². The minimum Gasteiger partial charge on any atom is -0.385 e. The van der Waals surface area contributed by atoms with Gasteiger partial charge in [0.25, 0.3) is 0 Å². The topological polar surface area (TPSA) is 26.3 Å². The van der Waals surface area contributed by atoms with Crippen molar-refractivity contribution in [3.8, 4) is 0 Å². The Kier molecular flexibility index (Phi) is 5.71. The van der Waals surface area contributed by atoms with Gasteiger partial charge in [-0.15, -0.1) is 0 Å². The van der Waals surface area contributed by atoms with E-state index in [1.54, 1.807) is 7.11 Å². The Morgan fingerprint density at radius 2 is 2.00 bits per heavy atom. The fraction of sp³-hybridized carbons (Fsp3) is 0.462. The van der Waals surface area contributed by atoms with E-state index in [4.69, 9.17) is 4.74 Å². The van der Waals surface area contributed by atoms with Crippen molar-refractivity contribution in [1.82, 2.24) is 0 Å². The first kappa shape index (κ1) is 13.4. The highest BCUT2D eigenvalue weighted by Gasteiger charge is 2.10. The normalized spacial score (nSPS) is 12.4. The molecule has 0 radical (unpaired) electrons. The fourth-order valence-corrected chi connectivity index (χ4v) is 1.76. The average Bonchev–Trinajstić information content (AvgIpc) is 2.27. The van der Waals surface area contributed by atoms with E-state index in [1.165, 1.54) is 0 Å². The smallest absolute Gasteiger partial charge is 0.163 e. The van der Waals surface area contributed by atoms with Crippen LogP contribution in [0.1, 0.15) is 30.1 Å². The molecule has 0 amide bonds. The van der Waals surface area contributed by atoms with Crippen molar-refractivity contribution < 1.29 is 9.53 Å². The number of hydrogen-bond donors (Lipinski definition) is 0. The second-order valence-electron chi connectivity index (χ2n) is 4.02. The maximum absolute atomic E-state index is 11.9. The van der Waals surface area contributed by atoms with Crippen molar-refractivity contribution in [1.29, 1.82) is 0 Å². The number of carbonyl (C=O) groups is 1. The SMILES string of the molecule is COCCC(C)CC(=O)c1ccc(Br)cc1. The Morgan fingerprint density at radius 3 is 2.56 bits per heavy atom. The van der Waals surface area contributed by atoms with E-state index in [0.29, 0.717) is 12.3 Å². The summed E-state index contributed by atoms with van der Waals surface area (Å²) in [7, 11) is 1.68. The summed E-state index contributed by atoms with van der Waals surface area (Å²) >= 11 is 3.35. The molecule has 1 rings (SSSR count). The lowest BCUT2D eigenvalue weighted by atomic mass is 9.97. The molecule has 0 spiro atoms. The van der Waals surface area contributed by atoms with E-state index in [9.17, 15) is 4.79 Å². The van der Waals surface area contributed by atoms with Crippen molar-refractivity contribution in [3.05, 3.63) is 34.3 Å². The summed E-state index contributed by atoms with van der Waals surface area (Å²) in [5.41, 5.74) is 0.785. The van der Waals surface area contributed by atoms with E-state index in [0.717, 1.165) is 23.1 Å². The van der Waals surface area contributed by atoms with Gasteiger partial charge in [-0.25, -0.2) is 0 Å². The molecule has 1 unspecified atom stereocenters. The van der Waals surface area contributed by atoms with Gasteiger partial charge >= 0.3 is 0 Å². The first-order chi connectivity index (χ1) is 7.63. The lowest BCUT2D eigenvalue weighted by Crippen LogP contribution is -2.08. The Morgan fingerprint density at radius 1 is 1.38 bits per heavy atom. The van der Waals surface area contributed by atoms with Gasteiger partial charge in [0.05, 0.1) is 0 Å². The molecule has 0 N–H and O–H groups in total. The van der Waals surface area contributed by atoms with Crippen LogP contribution in [0.2, 0.25) is 0 Å². The lowest BCUT2D eigenvalue weighted by Gasteiger charge is -2.09. The predicted molar refractivity (Wildman–Crippen MR) is 68.7 cm³/mol. The molecular weight excluding hydrogens is 268 g/mol. The highest BCUT2D eigenvalue weighted by atomic mass is 79.9. The molecule has 16 heavy (non-hydrogen) atoms. The van der Waals surface area contributed by atoms with E-state index in [1.807, 2.05) is 24.3 Å². The maximum Gasteiger partial charge on any atom is 0.163 e. The van der Waals surface area contributed by atoms with Crippen LogP contribution >= 0.6 is 15.9 Å². The van der Waals surface area contributed by atoms with Gasteiger partial charge in [-0.2, -0.15) is 0 Å². The summed E-state index contributed by atoms with van der Waals surface area (Å²) in [6.45, 7) is 2.80. The molecule has 0 heterocycles. The number of ether oxygens (including phenoxy) is 1. The van der Waals surface area contributed by atoms with Crippen LogP contribution < -0.4 is 0 Å². The molecule has 0 fully saturated rings. The zero-order valence-corrected chi connectivity index (χ0v) is 11.3. The highest BCUT2D eigenvalue weighted by Crippen LogP contribution is 2.15. The molecule has 1 aromatic carbocycles. The van der Waals surface area contributed by atoms with Gasteiger partial charge < -0.3 is 4.74 Å². The molecular formula is C13H17BrO2. The molecule has 0 aliphatic heterocycles. The van der Waals surface area contributed by atoms with E-state index >= 15 is 0 Å². The first-order valence-electron chi connectivity index (χ1n) is 5.41. The fourth-order valence-electron chi connectivity index (χ4n) is 1.49. The van der Waals surface area contributed by atoms with Crippen LogP contribution in [0.5, 0.6) is 0 Å². The third kappa shape index (κ3) is 4.45. The van der Waals surface area contributed by atoms with E-state index < -0.39 is 0 Å². The summed E-state index contributed by atoms with van der Waals surface area (Å²) < 4.78 is 5.99. The summed E-state index contributed by atoms with van der Waals surface area (Å²) in [6.07, 6.45) is 1.52. The number of methoxy groups -OCH3 is 1. The molecule has 3 heteroatoms. The van der Waals surface area contributed by atoms with Gasteiger partial charge in [0.15, 0.2) is 5.78 Å². The van der Waals surface area contributed by atoms with Gasteiger partial charge in [0, 0.05) is 30.2 Å². The van der Waals surface area contributed by atoms with Gasteiger partial charge in [-0.1, -0.05) is 35.0 Å². The summed E-state index contributed by atoms with van der Waals surface area (Å²) in [5, 5.41) is 0. The van der Waals surface area contributed by atoms with Crippen molar-refractivity contribution in [2.24, 2.45) is 5.92 Å². The summed E-state index contributed by atoms with van der Waals surface area (Å²) in [6, 6.07) is 7.50.